The van der Waals surface area contributed by atoms with E-state index in [4.69, 9.17) is 9.88 Å². The lowest BCUT2D eigenvalue weighted by molar-refractivity contribution is 0.536. The standard InChI is InChI=1S/C24H26FN7O2S.ClH/c1-14-11-18(12-15(2)22(14)25)32-23(21-16(3)27-8-7-19(21)29-32)31-10-9-30(24(31)33)17-5-6-20(28-13-17)35(4,26)34;/h5-6,9-13,16,26-27H,7-8H2,1-4H3;1H/t16-,35?;/m0./s1. The van der Waals surface area contributed by atoms with Gasteiger partial charge in [-0.3, -0.25) is 9.13 Å². The fourth-order valence-electron chi connectivity index (χ4n) is 4.54. The molecule has 2 atom stereocenters. The largest absolute Gasteiger partial charge is 0.338 e. The number of imidazole rings is 1. The second-order valence-electron chi connectivity index (χ2n) is 8.93. The summed E-state index contributed by atoms with van der Waals surface area (Å²) in [4.78, 5) is 17.7. The van der Waals surface area contributed by atoms with Gasteiger partial charge >= 0.3 is 5.69 Å². The second kappa shape index (κ2) is 9.30. The predicted octanol–water partition coefficient (Wildman–Crippen LogP) is 3.63. The van der Waals surface area contributed by atoms with Crippen molar-refractivity contribution in [2.45, 2.75) is 38.3 Å². The van der Waals surface area contributed by atoms with Crippen LogP contribution < -0.4 is 11.0 Å². The Balaban J connectivity index is 0.00000304. The molecule has 1 aliphatic rings. The first-order valence-corrected chi connectivity index (χ1v) is 13.2. The first-order chi connectivity index (χ1) is 16.6. The molecular formula is C24H27ClFN7O2S. The molecule has 2 N–H and O–H groups in total. The summed E-state index contributed by atoms with van der Waals surface area (Å²) in [5.41, 5.74) is 3.65. The van der Waals surface area contributed by atoms with Crippen molar-refractivity contribution in [3.8, 4) is 17.2 Å². The van der Waals surface area contributed by atoms with Crippen LogP contribution in [-0.4, -0.2) is 40.9 Å². The number of hydrogen-bond donors (Lipinski definition) is 2. The van der Waals surface area contributed by atoms with Crippen LogP contribution in [0.3, 0.4) is 0 Å². The fraction of sp³-hybridized carbons (Fsp3) is 0.292. The van der Waals surface area contributed by atoms with E-state index in [2.05, 4.69) is 10.3 Å². The molecule has 0 amide bonds. The molecule has 0 saturated carbocycles. The van der Waals surface area contributed by atoms with Gasteiger partial charge in [-0.2, -0.15) is 5.10 Å². The highest BCUT2D eigenvalue weighted by Gasteiger charge is 2.29. The number of hydrogen-bond acceptors (Lipinski definition) is 6. The zero-order valence-corrected chi connectivity index (χ0v) is 21.9. The van der Waals surface area contributed by atoms with Crippen molar-refractivity contribution in [3.05, 3.63) is 81.5 Å². The van der Waals surface area contributed by atoms with Crippen molar-refractivity contribution in [1.82, 2.24) is 29.2 Å². The van der Waals surface area contributed by atoms with Crippen molar-refractivity contribution >= 4 is 22.1 Å². The van der Waals surface area contributed by atoms with Gasteiger partial charge in [0.15, 0.2) is 0 Å². The van der Waals surface area contributed by atoms with Gasteiger partial charge in [0.25, 0.3) is 0 Å². The molecule has 9 nitrogen and oxygen atoms in total. The van der Waals surface area contributed by atoms with Gasteiger partial charge in [0.1, 0.15) is 16.7 Å². The Hall–Kier alpha value is -3.28. The Morgan fingerprint density at radius 2 is 1.81 bits per heavy atom. The molecule has 12 heteroatoms. The van der Waals surface area contributed by atoms with Crippen LogP contribution in [0.25, 0.3) is 17.2 Å². The topological polar surface area (TPSA) is 111 Å². The summed E-state index contributed by atoms with van der Waals surface area (Å²) in [5.74, 6) is 0.339. The zero-order valence-electron chi connectivity index (χ0n) is 20.3. The maximum absolute atomic E-state index is 14.4. The lowest BCUT2D eigenvalue weighted by atomic mass is 10.0. The number of benzene rings is 1. The van der Waals surface area contributed by atoms with Crippen molar-refractivity contribution in [1.29, 1.82) is 4.78 Å². The zero-order chi connectivity index (χ0) is 25.1. The molecular weight excluding hydrogens is 505 g/mol. The molecule has 4 heterocycles. The predicted molar refractivity (Wildman–Crippen MR) is 138 cm³/mol. The van der Waals surface area contributed by atoms with Crippen molar-refractivity contribution in [3.63, 3.8) is 0 Å². The van der Waals surface area contributed by atoms with Gasteiger partial charge in [0, 0.05) is 43.2 Å². The van der Waals surface area contributed by atoms with Crippen LogP contribution in [0.2, 0.25) is 0 Å². The van der Waals surface area contributed by atoms with Crippen LogP contribution in [0.5, 0.6) is 0 Å². The molecule has 190 valence electrons. The van der Waals surface area contributed by atoms with Gasteiger partial charge in [-0.05, 0) is 56.2 Å². The number of halogens is 2. The summed E-state index contributed by atoms with van der Waals surface area (Å²) in [6.07, 6.45) is 6.75. The fourth-order valence-corrected chi connectivity index (χ4v) is 5.12. The minimum Gasteiger partial charge on any atom is -0.310 e. The van der Waals surface area contributed by atoms with E-state index in [1.54, 1.807) is 49.1 Å². The molecule has 5 rings (SSSR count). The normalized spacial score (nSPS) is 16.8. The number of pyridine rings is 1. The van der Waals surface area contributed by atoms with E-state index in [1.807, 2.05) is 6.92 Å². The van der Waals surface area contributed by atoms with E-state index in [0.717, 1.165) is 17.8 Å². The Morgan fingerprint density at radius 3 is 2.42 bits per heavy atom. The van der Waals surface area contributed by atoms with Gasteiger partial charge in [-0.15, -0.1) is 12.4 Å². The van der Waals surface area contributed by atoms with Gasteiger partial charge in [0.2, 0.25) is 0 Å². The van der Waals surface area contributed by atoms with Crippen LogP contribution in [0.1, 0.15) is 35.3 Å². The number of aryl methyl sites for hydroxylation is 2. The summed E-state index contributed by atoms with van der Waals surface area (Å²) in [6, 6.07) is 6.55. The molecule has 3 aromatic heterocycles. The molecule has 0 radical (unpaired) electrons. The number of rotatable bonds is 4. The smallest absolute Gasteiger partial charge is 0.310 e. The van der Waals surface area contributed by atoms with E-state index in [9.17, 15) is 13.4 Å². The van der Waals surface area contributed by atoms with Gasteiger partial charge in [-0.25, -0.2) is 27.8 Å². The Morgan fingerprint density at radius 1 is 1.14 bits per heavy atom. The SMILES string of the molecule is Cc1cc(-n2nc3c(c2-n2ccn(-c4ccc(S(C)(=N)=O)nc4)c2=O)[C@H](C)NCC3)cc(C)c1F.Cl. The van der Waals surface area contributed by atoms with Crippen LogP contribution in [-0.2, 0) is 16.1 Å². The highest BCUT2D eigenvalue weighted by Crippen LogP contribution is 2.31. The second-order valence-corrected chi connectivity index (χ2v) is 11.0. The van der Waals surface area contributed by atoms with Crippen LogP contribution in [0.4, 0.5) is 4.39 Å². The number of fused-ring (bicyclic) bond motifs is 1. The molecule has 0 bridgehead atoms. The lowest BCUT2D eigenvalue weighted by Crippen LogP contribution is -2.30. The summed E-state index contributed by atoms with van der Waals surface area (Å²) in [6.45, 7) is 6.23. The maximum Gasteiger partial charge on any atom is 0.338 e. The molecule has 0 saturated heterocycles. The number of aromatic nitrogens is 5. The summed E-state index contributed by atoms with van der Waals surface area (Å²) < 4.78 is 38.7. The Kier molecular flexibility index (Phi) is 6.67. The molecule has 0 spiro atoms. The average Bonchev–Trinajstić information content (AvgIpc) is 3.37. The van der Waals surface area contributed by atoms with Crippen molar-refractivity contribution < 1.29 is 8.60 Å². The highest BCUT2D eigenvalue weighted by molar-refractivity contribution is 7.91. The summed E-state index contributed by atoms with van der Waals surface area (Å²) in [7, 11) is -2.95. The number of nitrogens with zero attached hydrogens (tertiary/aromatic N) is 5. The molecule has 1 aromatic carbocycles. The summed E-state index contributed by atoms with van der Waals surface area (Å²) >= 11 is 0. The van der Waals surface area contributed by atoms with Crippen molar-refractivity contribution in [2.75, 3.05) is 12.8 Å². The molecule has 4 aromatic rings. The third kappa shape index (κ3) is 4.27. The Bertz CT molecular complexity index is 1600. The average molecular weight is 532 g/mol. The quantitative estimate of drug-likeness (QED) is 0.418. The molecule has 36 heavy (non-hydrogen) atoms. The monoisotopic (exact) mass is 531 g/mol. The maximum atomic E-state index is 14.4. The summed E-state index contributed by atoms with van der Waals surface area (Å²) in [5, 5.41) is 8.43. The molecule has 0 fully saturated rings. The van der Waals surface area contributed by atoms with Crippen molar-refractivity contribution in [2.24, 2.45) is 0 Å². The molecule has 0 aliphatic carbocycles. The lowest BCUT2D eigenvalue weighted by Gasteiger charge is -2.21. The highest BCUT2D eigenvalue weighted by atomic mass is 35.5. The van der Waals surface area contributed by atoms with Crippen LogP contribution in [0, 0.1) is 24.4 Å². The van der Waals surface area contributed by atoms with E-state index < -0.39 is 9.73 Å². The number of nitrogens with one attached hydrogen (secondary N) is 2. The van der Waals surface area contributed by atoms with Gasteiger partial charge in [-0.1, -0.05) is 0 Å². The van der Waals surface area contributed by atoms with E-state index in [0.29, 0.717) is 34.7 Å². The van der Waals surface area contributed by atoms with Crippen LogP contribution in [0.15, 0.2) is 52.7 Å². The van der Waals surface area contributed by atoms with Gasteiger partial charge in [0.05, 0.1) is 33.0 Å². The minimum absolute atomic E-state index is 0. The third-order valence-corrected chi connectivity index (χ3v) is 7.33. The van der Waals surface area contributed by atoms with E-state index in [-0.39, 0.29) is 35.0 Å². The first kappa shape index (κ1) is 25.8. The Labute approximate surface area is 214 Å². The van der Waals surface area contributed by atoms with E-state index in [1.165, 1.54) is 27.7 Å². The molecule has 1 aliphatic heterocycles. The van der Waals surface area contributed by atoms with Gasteiger partial charge < -0.3 is 5.32 Å². The van der Waals surface area contributed by atoms with E-state index >= 15 is 0 Å². The first-order valence-electron chi connectivity index (χ1n) is 11.2. The molecule has 1 unspecified atom stereocenters. The minimum atomic E-state index is -2.95. The third-order valence-electron chi connectivity index (χ3n) is 6.29. The van der Waals surface area contributed by atoms with Crippen LogP contribution >= 0.6 is 12.4 Å².